The first-order valence-corrected chi connectivity index (χ1v) is 14.1. The molecule has 0 radical (unpaired) electrons. The Kier molecular flexibility index (Phi) is 24.1. The molecule has 0 bridgehead atoms. The van der Waals surface area contributed by atoms with Crippen molar-refractivity contribution in [2.75, 3.05) is 32.6 Å². The molecule has 0 aliphatic heterocycles. The SMILES string of the molecule is CCCCCCCCC(CCCCCCCC)COC(=O)CCCCCN(C)CCCl. The quantitative estimate of drug-likeness (QED) is 0.0824. The summed E-state index contributed by atoms with van der Waals surface area (Å²) >= 11 is 5.76. The molecular formula is C27H54ClNO2. The van der Waals surface area contributed by atoms with Crippen LogP contribution in [0.3, 0.4) is 0 Å². The monoisotopic (exact) mass is 459 g/mol. The lowest BCUT2D eigenvalue weighted by Crippen LogP contribution is -2.21. The van der Waals surface area contributed by atoms with Crippen LogP contribution in [0.25, 0.3) is 0 Å². The molecule has 0 aromatic rings. The van der Waals surface area contributed by atoms with Crippen LogP contribution in [0.15, 0.2) is 0 Å². The molecule has 0 aliphatic carbocycles. The number of alkyl halides is 1. The first kappa shape index (κ1) is 30.7. The number of hydrogen-bond acceptors (Lipinski definition) is 3. The van der Waals surface area contributed by atoms with Gasteiger partial charge >= 0.3 is 5.97 Å². The van der Waals surface area contributed by atoms with Gasteiger partial charge in [0, 0.05) is 18.8 Å². The van der Waals surface area contributed by atoms with Gasteiger partial charge in [-0.2, -0.15) is 0 Å². The lowest BCUT2D eigenvalue weighted by Gasteiger charge is -2.17. The maximum atomic E-state index is 12.2. The van der Waals surface area contributed by atoms with Gasteiger partial charge in [0.2, 0.25) is 0 Å². The van der Waals surface area contributed by atoms with Crippen LogP contribution in [0.2, 0.25) is 0 Å². The van der Waals surface area contributed by atoms with Crippen LogP contribution in [0.1, 0.15) is 129 Å². The van der Waals surface area contributed by atoms with Crippen molar-refractivity contribution in [3.05, 3.63) is 0 Å². The number of nitrogens with zero attached hydrogens (tertiary/aromatic N) is 1. The number of rotatable bonds is 24. The third-order valence-corrected chi connectivity index (χ3v) is 6.47. The molecule has 0 saturated heterocycles. The Morgan fingerprint density at radius 2 is 1.26 bits per heavy atom. The fraction of sp³-hybridized carbons (Fsp3) is 0.963. The standard InChI is InChI=1S/C27H54ClNO2/c1-4-6-8-10-12-15-19-26(20-16-13-11-9-7-5-2)25-31-27(30)21-17-14-18-23-29(3)24-22-28/h26H,4-25H2,1-3H3. The molecular weight excluding hydrogens is 406 g/mol. The maximum Gasteiger partial charge on any atom is 0.305 e. The highest BCUT2D eigenvalue weighted by atomic mass is 35.5. The van der Waals surface area contributed by atoms with Gasteiger partial charge in [-0.25, -0.2) is 0 Å². The van der Waals surface area contributed by atoms with Gasteiger partial charge in [-0.05, 0) is 45.2 Å². The van der Waals surface area contributed by atoms with Crippen molar-refractivity contribution in [1.29, 1.82) is 0 Å². The second kappa shape index (κ2) is 24.4. The van der Waals surface area contributed by atoms with Gasteiger partial charge in [0.05, 0.1) is 6.61 Å². The number of halogens is 1. The molecule has 31 heavy (non-hydrogen) atoms. The predicted molar refractivity (Wildman–Crippen MR) is 137 cm³/mol. The van der Waals surface area contributed by atoms with Gasteiger partial charge in [0.1, 0.15) is 0 Å². The number of ether oxygens (including phenoxy) is 1. The normalized spacial score (nSPS) is 11.5. The summed E-state index contributed by atoms with van der Waals surface area (Å²) in [6, 6.07) is 0. The topological polar surface area (TPSA) is 29.5 Å². The molecule has 0 fully saturated rings. The molecule has 186 valence electrons. The van der Waals surface area contributed by atoms with Gasteiger partial charge in [0.15, 0.2) is 0 Å². The molecule has 4 heteroatoms. The summed E-state index contributed by atoms with van der Waals surface area (Å²) in [6.45, 7) is 7.17. The van der Waals surface area contributed by atoms with Crippen LogP contribution in [-0.2, 0) is 9.53 Å². The summed E-state index contributed by atoms with van der Waals surface area (Å²) in [4.78, 5) is 14.4. The molecule has 0 unspecified atom stereocenters. The average Bonchev–Trinajstić information content (AvgIpc) is 2.76. The van der Waals surface area contributed by atoms with Crippen molar-refractivity contribution in [1.82, 2.24) is 4.90 Å². The van der Waals surface area contributed by atoms with Crippen LogP contribution in [0.4, 0.5) is 0 Å². The van der Waals surface area contributed by atoms with Gasteiger partial charge in [0.25, 0.3) is 0 Å². The van der Waals surface area contributed by atoms with E-state index in [2.05, 4.69) is 25.8 Å². The van der Waals surface area contributed by atoms with E-state index in [0.29, 0.717) is 24.8 Å². The Labute approximate surface area is 200 Å². The summed E-state index contributed by atoms with van der Waals surface area (Å²) in [5.41, 5.74) is 0. The third kappa shape index (κ3) is 22.7. The van der Waals surface area contributed by atoms with Crippen molar-refractivity contribution in [2.45, 2.75) is 129 Å². The van der Waals surface area contributed by atoms with Crippen molar-refractivity contribution in [2.24, 2.45) is 5.92 Å². The zero-order valence-corrected chi connectivity index (χ0v) is 22.0. The maximum absolute atomic E-state index is 12.2. The number of esters is 1. The van der Waals surface area contributed by atoms with E-state index in [1.54, 1.807) is 0 Å². The fourth-order valence-corrected chi connectivity index (χ4v) is 4.39. The summed E-state index contributed by atoms with van der Waals surface area (Å²) in [5, 5.41) is 0. The van der Waals surface area contributed by atoms with Gasteiger partial charge in [-0.1, -0.05) is 97.3 Å². The van der Waals surface area contributed by atoms with Gasteiger partial charge in [-0.15, -0.1) is 11.6 Å². The van der Waals surface area contributed by atoms with E-state index in [9.17, 15) is 4.79 Å². The van der Waals surface area contributed by atoms with E-state index in [1.807, 2.05) is 0 Å². The molecule has 0 rings (SSSR count). The zero-order chi connectivity index (χ0) is 23.0. The fourth-order valence-electron chi connectivity index (χ4n) is 4.10. The average molecular weight is 460 g/mol. The third-order valence-electron chi connectivity index (χ3n) is 6.30. The van der Waals surface area contributed by atoms with Crippen LogP contribution in [0.5, 0.6) is 0 Å². The van der Waals surface area contributed by atoms with Crippen LogP contribution < -0.4 is 0 Å². The van der Waals surface area contributed by atoms with Crippen molar-refractivity contribution >= 4 is 17.6 Å². The molecule has 0 aromatic heterocycles. The largest absolute Gasteiger partial charge is 0.465 e. The smallest absolute Gasteiger partial charge is 0.305 e. The molecule has 0 aromatic carbocycles. The summed E-state index contributed by atoms with van der Waals surface area (Å²) < 4.78 is 5.69. The Morgan fingerprint density at radius 3 is 1.81 bits per heavy atom. The Morgan fingerprint density at radius 1 is 0.742 bits per heavy atom. The lowest BCUT2D eigenvalue weighted by molar-refractivity contribution is -0.145. The Hall–Kier alpha value is -0.280. The number of carbonyl (C=O) groups is 1. The Balaban J connectivity index is 4.00. The van der Waals surface area contributed by atoms with E-state index >= 15 is 0 Å². The lowest BCUT2D eigenvalue weighted by atomic mass is 9.94. The molecule has 0 saturated carbocycles. The van der Waals surface area contributed by atoms with Crippen molar-refractivity contribution in [3.63, 3.8) is 0 Å². The predicted octanol–water partition coefficient (Wildman–Crippen LogP) is 8.38. The highest BCUT2D eigenvalue weighted by Crippen LogP contribution is 2.20. The first-order valence-electron chi connectivity index (χ1n) is 13.5. The second-order valence-electron chi connectivity index (χ2n) is 9.46. The Bertz CT molecular complexity index is 362. The highest BCUT2D eigenvalue weighted by Gasteiger charge is 2.12. The summed E-state index contributed by atoms with van der Waals surface area (Å²) in [7, 11) is 2.10. The first-order chi connectivity index (χ1) is 15.1. The van der Waals surface area contributed by atoms with E-state index < -0.39 is 0 Å². The molecule has 0 heterocycles. The van der Waals surface area contributed by atoms with Crippen molar-refractivity contribution in [3.8, 4) is 0 Å². The number of hydrogen-bond donors (Lipinski definition) is 0. The minimum Gasteiger partial charge on any atom is -0.465 e. The van der Waals surface area contributed by atoms with E-state index in [0.717, 1.165) is 32.4 Å². The molecule has 3 nitrogen and oxygen atoms in total. The molecule has 0 N–H and O–H groups in total. The number of carbonyl (C=O) groups excluding carboxylic acids is 1. The molecule has 0 spiro atoms. The molecule has 0 amide bonds. The second-order valence-corrected chi connectivity index (χ2v) is 9.84. The zero-order valence-electron chi connectivity index (χ0n) is 21.3. The molecule has 0 atom stereocenters. The van der Waals surface area contributed by atoms with Crippen LogP contribution in [-0.4, -0.2) is 43.5 Å². The summed E-state index contributed by atoms with van der Waals surface area (Å²) in [5.74, 6) is 1.25. The van der Waals surface area contributed by atoms with Gasteiger partial charge in [-0.3, -0.25) is 4.79 Å². The van der Waals surface area contributed by atoms with E-state index in [4.69, 9.17) is 16.3 Å². The minimum atomic E-state index is 0.00463. The minimum absolute atomic E-state index is 0.00463. The van der Waals surface area contributed by atoms with E-state index in [-0.39, 0.29) is 5.97 Å². The number of unbranched alkanes of at least 4 members (excludes halogenated alkanes) is 12. The highest BCUT2D eigenvalue weighted by molar-refractivity contribution is 6.18. The molecule has 0 aliphatic rings. The van der Waals surface area contributed by atoms with Crippen molar-refractivity contribution < 1.29 is 9.53 Å². The van der Waals surface area contributed by atoms with Crippen LogP contribution in [0, 0.1) is 5.92 Å². The van der Waals surface area contributed by atoms with E-state index in [1.165, 1.54) is 89.9 Å². The van der Waals surface area contributed by atoms with Gasteiger partial charge < -0.3 is 9.64 Å². The van der Waals surface area contributed by atoms with Crippen LogP contribution >= 0.6 is 11.6 Å². The summed E-state index contributed by atoms with van der Waals surface area (Å²) in [6.07, 6.45) is 22.2.